The van der Waals surface area contributed by atoms with Crippen LogP contribution in [0.5, 0.6) is 0 Å². The predicted octanol–water partition coefficient (Wildman–Crippen LogP) is 15.1. The highest BCUT2D eigenvalue weighted by Crippen LogP contribution is 2.47. The summed E-state index contributed by atoms with van der Waals surface area (Å²) in [5.41, 5.74) is 25.7. The molecule has 0 atom stereocenters. The van der Waals surface area contributed by atoms with E-state index in [-0.39, 0.29) is 0 Å². The Bertz CT molecular complexity index is 2750. The highest BCUT2D eigenvalue weighted by Gasteiger charge is 2.29. The molecule has 0 unspecified atom stereocenters. The molecule has 2 aliphatic rings. The quantitative estimate of drug-likeness (QED) is 0.145. The van der Waals surface area contributed by atoms with Crippen molar-refractivity contribution in [1.82, 2.24) is 19.9 Å². The Balaban J connectivity index is 1.65. The van der Waals surface area contributed by atoms with E-state index in [4.69, 9.17) is 9.97 Å². The fourth-order valence-electron chi connectivity index (χ4n) is 9.98. The van der Waals surface area contributed by atoms with E-state index in [0.29, 0.717) is 0 Å². The summed E-state index contributed by atoms with van der Waals surface area (Å²) in [6.07, 6.45) is 9.70. The number of fused-ring (bicyclic) bond motifs is 8. The Kier molecular flexibility index (Phi) is 10.8. The lowest BCUT2D eigenvalue weighted by Crippen LogP contribution is -1.93. The third-order valence-electron chi connectivity index (χ3n) is 12.6. The van der Waals surface area contributed by atoms with Crippen LogP contribution in [0.1, 0.15) is 99.4 Å². The molecule has 4 nitrogen and oxygen atoms in total. The molecule has 9 rings (SSSR count). The number of aromatic amines is 2. The van der Waals surface area contributed by atoms with Crippen LogP contribution in [0.15, 0.2) is 121 Å². The molecular weight excluding hydrogens is 729 g/mol. The molecule has 3 aromatic heterocycles. The van der Waals surface area contributed by atoms with Crippen molar-refractivity contribution in [3.05, 3.63) is 166 Å². The molecule has 5 heterocycles. The maximum Gasteiger partial charge on any atom is 0.0772 e. The number of hydrogen-bond donors (Lipinski definition) is 2. The van der Waals surface area contributed by atoms with E-state index in [1.165, 1.54) is 33.4 Å². The maximum absolute atomic E-state index is 5.95. The fraction of sp³-hybridized carbons (Fsp3) is 0.214. The zero-order chi connectivity index (χ0) is 41.3. The first-order valence-electron chi connectivity index (χ1n) is 22.1. The molecule has 2 aliphatic heterocycles. The van der Waals surface area contributed by atoms with Gasteiger partial charge in [-0.15, -0.1) is 0 Å². The molecule has 0 amide bonds. The summed E-state index contributed by atoms with van der Waals surface area (Å²) in [5, 5.41) is 0. The zero-order valence-electron chi connectivity index (χ0n) is 35.8. The van der Waals surface area contributed by atoms with Gasteiger partial charge in [-0.3, -0.25) is 0 Å². The summed E-state index contributed by atoms with van der Waals surface area (Å²) >= 11 is 0. The van der Waals surface area contributed by atoms with E-state index < -0.39 is 0 Å². The molecule has 0 radical (unpaired) electrons. The molecule has 0 saturated carbocycles. The molecule has 4 aromatic carbocycles. The van der Waals surface area contributed by atoms with Crippen LogP contribution in [-0.2, 0) is 25.7 Å². The Labute approximate surface area is 354 Å². The third-order valence-corrected chi connectivity index (χ3v) is 12.6. The van der Waals surface area contributed by atoms with Gasteiger partial charge in [0.05, 0.1) is 44.8 Å². The molecular formula is C56H54N4. The Morgan fingerprint density at radius 2 is 0.617 bits per heavy atom. The summed E-state index contributed by atoms with van der Waals surface area (Å²) in [5.74, 6) is 0. The number of rotatable bonds is 10. The van der Waals surface area contributed by atoms with Crippen LogP contribution in [0, 0.1) is 0 Å². The minimum atomic E-state index is 0.865. The summed E-state index contributed by atoms with van der Waals surface area (Å²) in [6.45, 7) is 13.8. The summed E-state index contributed by atoms with van der Waals surface area (Å²) < 4.78 is 0. The topological polar surface area (TPSA) is 57.4 Å². The van der Waals surface area contributed by atoms with E-state index in [1.54, 1.807) is 0 Å². The van der Waals surface area contributed by atoms with E-state index in [1.807, 2.05) is 0 Å². The Morgan fingerprint density at radius 3 is 0.900 bits per heavy atom. The second kappa shape index (κ2) is 16.6. The van der Waals surface area contributed by atoms with Crippen molar-refractivity contribution < 1.29 is 0 Å². The number of aryl methyl sites for hydroxylation is 4. The molecule has 0 aliphatic carbocycles. The van der Waals surface area contributed by atoms with E-state index in [2.05, 4.69) is 185 Å². The van der Waals surface area contributed by atoms with Gasteiger partial charge in [0, 0.05) is 22.3 Å². The van der Waals surface area contributed by atoms with Crippen LogP contribution in [0.4, 0.5) is 0 Å². The van der Waals surface area contributed by atoms with Gasteiger partial charge >= 0.3 is 0 Å². The lowest BCUT2D eigenvalue weighted by atomic mass is 9.91. The monoisotopic (exact) mass is 782 g/mol. The number of aromatic nitrogens is 4. The van der Waals surface area contributed by atoms with Crippen molar-refractivity contribution >= 4 is 45.4 Å². The zero-order valence-corrected chi connectivity index (χ0v) is 35.8. The number of nitrogens with zero attached hydrogens (tertiary/aromatic N) is 2. The fourth-order valence-corrected chi connectivity index (χ4v) is 9.98. The second-order valence-corrected chi connectivity index (χ2v) is 15.7. The van der Waals surface area contributed by atoms with Gasteiger partial charge < -0.3 is 9.97 Å². The van der Waals surface area contributed by atoms with Gasteiger partial charge in [0.2, 0.25) is 0 Å². The van der Waals surface area contributed by atoms with Crippen molar-refractivity contribution in [2.45, 2.75) is 80.1 Å². The molecule has 60 heavy (non-hydrogen) atoms. The highest BCUT2D eigenvalue weighted by molar-refractivity contribution is 6.07. The van der Waals surface area contributed by atoms with Crippen LogP contribution in [-0.4, -0.2) is 19.9 Å². The number of benzene rings is 4. The van der Waals surface area contributed by atoms with Crippen LogP contribution in [0.2, 0.25) is 0 Å². The van der Waals surface area contributed by atoms with Crippen molar-refractivity contribution in [3.8, 4) is 44.5 Å². The average Bonchev–Trinajstić information content (AvgIpc) is 4.09. The van der Waals surface area contributed by atoms with Crippen LogP contribution in [0.25, 0.3) is 89.9 Å². The van der Waals surface area contributed by atoms with E-state index in [0.717, 1.165) is 128 Å². The van der Waals surface area contributed by atoms with Crippen molar-refractivity contribution in [3.63, 3.8) is 0 Å². The highest BCUT2D eigenvalue weighted by atomic mass is 14.8. The van der Waals surface area contributed by atoms with E-state index >= 15 is 0 Å². The summed E-state index contributed by atoms with van der Waals surface area (Å²) in [7, 11) is 0. The summed E-state index contributed by atoms with van der Waals surface area (Å²) in [6, 6.07) is 43.6. The van der Waals surface area contributed by atoms with Crippen molar-refractivity contribution in [2.24, 2.45) is 0 Å². The van der Waals surface area contributed by atoms with Gasteiger partial charge in [-0.25, -0.2) is 9.97 Å². The van der Waals surface area contributed by atoms with Crippen LogP contribution < -0.4 is 0 Å². The molecule has 0 saturated heterocycles. The lowest BCUT2D eigenvalue weighted by molar-refractivity contribution is 1.07. The first-order chi connectivity index (χ1) is 29.5. The normalized spacial score (nSPS) is 12.4. The molecule has 7 aromatic rings. The standard InChI is InChI=1S/C56H54N4/c1-7-39-41(9-3)53-49(37-29-21-15-22-30-37)55-43(11-5)44(12-6)56(60-55)50(38-31-23-16-24-32-38)54-42(10-4)40(8-2)52(59-54)48(36-27-19-14-20-28-36)46-34-33-45(57-46)47(51(39)58-53)35-25-17-13-18-26-35/h13-34,58-59H,7-12H2,1-6H3. The minimum absolute atomic E-state index is 0.865. The number of allylic oxidation sites excluding steroid dienone is 2. The first-order valence-corrected chi connectivity index (χ1v) is 22.1. The molecule has 0 spiro atoms. The van der Waals surface area contributed by atoms with Gasteiger partial charge in [-0.2, -0.15) is 0 Å². The number of hydrogen-bond acceptors (Lipinski definition) is 2. The molecule has 8 bridgehead atoms. The largest absolute Gasteiger partial charge is 0.354 e. The summed E-state index contributed by atoms with van der Waals surface area (Å²) in [4.78, 5) is 20.0. The van der Waals surface area contributed by atoms with Crippen LogP contribution in [0.3, 0.4) is 0 Å². The van der Waals surface area contributed by atoms with E-state index in [9.17, 15) is 0 Å². The van der Waals surface area contributed by atoms with Gasteiger partial charge in [-0.05, 0) is 106 Å². The molecule has 0 fully saturated rings. The first kappa shape index (κ1) is 39.0. The SMILES string of the molecule is CCC1=C(CC)c2nc1c(-c1ccccc1)c1[nH]c(c(CC)c1CC)c(-c1ccccc1)c1nc(c(-c3ccccc3)c3[nH]c(c(CC)c3CC)c2-c2ccccc2)C=C1. The average molecular weight is 783 g/mol. The van der Waals surface area contributed by atoms with Gasteiger partial charge in [0.25, 0.3) is 0 Å². The number of nitrogens with one attached hydrogen (secondary N) is 2. The minimum Gasteiger partial charge on any atom is -0.354 e. The number of H-pyrrole nitrogens is 2. The van der Waals surface area contributed by atoms with Crippen molar-refractivity contribution in [2.75, 3.05) is 0 Å². The Hall–Kier alpha value is -6.52. The predicted molar refractivity (Wildman–Crippen MR) is 257 cm³/mol. The smallest absolute Gasteiger partial charge is 0.0772 e. The molecule has 4 heteroatoms. The maximum atomic E-state index is 5.95. The second-order valence-electron chi connectivity index (χ2n) is 15.7. The van der Waals surface area contributed by atoms with Gasteiger partial charge in [0.1, 0.15) is 0 Å². The lowest BCUT2D eigenvalue weighted by Gasteiger charge is -2.11. The molecule has 298 valence electrons. The van der Waals surface area contributed by atoms with Gasteiger partial charge in [-0.1, -0.05) is 163 Å². The Morgan fingerprint density at radius 1 is 0.333 bits per heavy atom. The van der Waals surface area contributed by atoms with Gasteiger partial charge in [0.15, 0.2) is 0 Å². The molecule has 2 N–H and O–H groups in total. The van der Waals surface area contributed by atoms with Crippen molar-refractivity contribution in [1.29, 1.82) is 0 Å². The third kappa shape index (κ3) is 6.46. The van der Waals surface area contributed by atoms with Crippen LogP contribution >= 0.6 is 0 Å².